The van der Waals surface area contributed by atoms with Gasteiger partial charge in [0.25, 0.3) is 5.91 Å². The summed E-state index contributed by atoms with van der Waals surface area (Å²) in [5, 5.41) is 5.26. The number of nitrogens with zero attached hydrogens (tertiary/aromatic N) is 2. The highest BCUT2D eigenvalue weighted by atomic mass is 35.5. The average Bonchev–Trinajstić information content (AvgIpc) is 3.02. The van der Waals surface area contributed by atoms with Gasteiger partial charge in [-0.1, -0.05) is 23.2 Å². The minimum Gasteiger partial charge on any atom is -0.318 e. The highest BCUT2D eigenvalue weighted by molar-refractivity contribution is 7.80. The maximum absolute atomic E-state index is 12.2. The van der Waals surface area contributed by atoms with Crippen molar-refractivity contribution in [1.82, 2.24) is 0 Å². The van der Waals surface area contributed by atoms with Crippen LogP contribution in [0.2, 0.25) is 10.0 Å². The van der Waals surface area contributed by atoms with E-state index in [0.717, 1.165) is 16.3 Å². The van der Waals surface area contributed by atoms with Crippen LogP contribution in [0.4, 0.5) is 17.1 Å². The molecule has 1 N–H and O–H groups in total. The Morgan fingerprint density at radius 2 is 1.95 bits per heavy atom. The topological polar surface area (TPSA) is 53.8 Å². The first-order chi connectivity index (χ1) is 9.56. The molecule has 1 aliphatic rings. The lowest BCUT2D eigenvalue weighted by Gasteiger charge is -2.10. The summed E-state index contributed by atoms with van der Waals surface area (Å²) < 4.78 is 8.21. The number of amides is 1. The third-order valence-electron chi connectivity index (χ3n) is 2.49. The van der Waals surface area contributed by atoms with E-state index >= 15 is 0 Å². The summed E-state index contributed by atoms with van der Waals surface area (Å²) >= 11 is 18.6. The monoisotopic (exact) mass is 361 g/mol. The molecule has 0 bridgehead atoms. The molecule has 20 heavy (non-hydrogen) atoms. The summed E-state index contributed by atoms with van der Waals surface area (Å²) in [5.41, 5.74) is 1.43. The molecule has 1 aromatic carbocycles. The van der Waals surface area contributed by atoms with Crippen molar-refractivity contribution in [3.05, 3.63) is 32.4 Å². The van der Waals surface area contributed by atoms with Gasteiger partial charge in [0.05, 0.1) is 32.0 Å². The van der Waals surface area contributed by atoms with Gasteiger partial charge < -0.3 is 5.32 Å². The van der Waals surface area contributed by atoms with E-state index < -0.39 is 0 Å². The molecule has 1 aromatic heterocycles. The predicted octanol–water partition coefficient (Wildman–Crippen LogP) is 5.32. The number of rotatable bonds is 2. The second-order valence-corrected chi connectivity index (χ2v) is 6.57. The maximum Gasteiger partial charge on any atom is 0.265 e. The summed E-state index contributed by atoms with van der Waals surface area (Å²) in [6.45, 7) is 0. The van der Waals surface area contributed by atoms with E-state index in [-0.39, 0.29) is 5.91 Å². The summed E-state index contributed by atoms with van der Waals surface area (Å²) in [5.74, 6) is -0.270. The molecule has 3 rings (SSSR count). The number of halogens is 2. The fourth-order valence-corrected chi connectivity index (χ4v) is 3.82. The normalized spacial score (nSPS) is 12.2. The van der Waals surface area contributed by atoms with Gasteiger partial charge in [-0.2, -0.15) is 8.73 Å². The highest BCUT2D eigenvalue weighted by Gasteiger charge is 2.21. The number of hydrogen-bond acceptors (Lipinski definition) is 5. The molecular formula is C11H5Cl2N3OS3. The largest absolute Gasteiger partial charge is 0.318 e. The summed E-state index contributed by atoms with van der Waals surface area (Å²) in [4.78, 5) is 13.4. The van der Waals surface area contributed by atoms with Crippen LogP contribution in [-0.2, 0) is 11.4 Å². The SMILES string of the molecule is O=C(Nc1c(Cl)cc(Cl)c2c1N=S=N2)c1cc(S)cs1. The lowest BCUT2D eigenvalue weighted by atomic mass is 10.2. The van der Waals surface area contributed by atoms with Crippen molar-refractivity contribution in [1.29, 1.82) is 0 Å². The van der Waals surface area contributed by atoms with Crippen LogP contribution >= 0.6 is 47.2 Å². The molecule has 2 aromatic rings. The van der Waals surface area contributed by atoms with Crippen molar-refractivity contribution >= 4 is 81.5 Å². The smallest absolute Gasteiger partial charge is 0.265 e. The highest BCUT2D eigenvalue weighted by Crippen LogP contribution is 2.47. The molecule has 102 valence electrons. The summed E-state index contributed by atoms with van der Waals surface area (Å²) in [7, 11) is 0. The van der Waals surface area contributed by atoms with Crippen LogP contribution in [0.5, 0.6) is 0 Å². The average molecular weight is 362 g/mol. The van der Waals surface area contributed by atoms with E-state index in [1.807, 2.05) is 0 Å². The van der Waals surface area contributed by atoms with Gasteiger partial charge in [-0.25, -0.2) is 0 Å². The molecule has 4 nitrogen and oxygen atoms in total. The number of carbonyl (C=O) groups excluding carboxylic acids is 1. The molecule has 9 heteroatoms. The molecule has 0 spiro atoms. The van der Waals surface area contributed by atoms with Gasteiger partial charge in [-0.3, -0.25) is 4.79 Å². The lowest BCUT2D eigenvalue weighted by Crippen LogP contribution is -2.10. The summed E-state index contributed by atoms with van der Waals surface area (Å²) in [6.07, 6.45) is 0. The zero-order valence-corrected chi connectivity index (χ0v) is 13.6. The number of fused-ring (bicyclic) bond motifs is 1. The molecular weight excluding hydrogens is 357 g/mol. The molecule has 0 radical (unpaired) electrons. The van der Waals surface area contributed by atoms with Crippen LogP contribution in [-0.4, -0.2) is 5.91 Å². The Hall–Kier alpha value is -0.860. The van der Waals surface area contributed by atoms with E-state index in [2.05, 4.69) is 26.7 Å². The van der Waals surface area contributed by atoms with E-state index in [9.17, 15) is 4.79 Å². The van der Waals surface area contributed by atoms with E-state index in [4.69, 9.17) is 23.2 Å². The zero-order chi connectivity index (χ0) is 14.3. The number of nitrogens with one attached hydrogen (secondary N) is 1. The first-order valence-electron chi connectivity index (χ1n) is 5.25. The second-order valence-electron chi connectivity index (χ2n) is 3.80. The number of thiophene rings is 1. The first-order valence-corrected chi connectivity index (χ1v) is 8.06. The lowest BCUT2D eigenvalue weighted by molar-refractivity contribution is 0.103. The maximum atomic E-state index is 12.2. The van der Waals surface area contributed by atoms with E-state index in [1.54, 1.807) is 17.5 Å². The number of thiol groups is 1. The Morgan fingerprint density at radius 3 is 2.65 bits per heavy atom. The molecule has 0 fully saturated rings. The van der Waals surface area contributed by atoms with Crippen molar-refractivity contribution in [2.75, 3.05) is 5.32 Å². The second kappa shape index (κ2) is 5.50. The van der Waals surface area contributed by atoms with Crippen LogP contribution < -0.4 is 5.32 Å². The number of hydrogen-bond donors (Lipinski definition) is 2. The molecule has 0 saturated heterocycles. The van der Waals surface area contributed by atoms with Crippen LogP contribution in [0.25, 0.3) is 0 Å². The van der Waals surface area contributed by atoms with E-state index in [1.165, 1.54) is 11.3 Å². The minimum atomic E-state index is -0.270. The van der Waals surface area contributed by atoms with Crippen LogP contribution in [0, 0.1) is 0 Å². The van der Waals surface area contributed by atoms with Gasteiger partial charge in [-0.15, -0.1) is 24.0 Å². The number of carbonyl (C=O) groups is 1. The standard InChI is InChI=1S/C11H5Cl2N3OS3/c12-5-2-6(13)9-10(16-20-15-9)8(5)14-11(17)7-1-4(18)3-19-7/h1-3,18H,(H,14,17). The molecule has 2 heterocycles. The van der Waals surface area contributed by atoms with Gasteiger partial charge in [0, 0.05) is 10.3 Å². The third-order valence-corrected chi connectivity index (χ3v) is 4.97. The van der Waals surface area contributed by atoms with Gasteiger partial charge in [-0.05, 0) is 12.1 Å². The van der Waals surface area contributed by atoms with Gasteiger partial charge >= 0.3 is 0 Å². The van der Waals surface area contributed by atoms with Gasteiger partial charge in [0.15, 0.2) is 0 Å². The van der Waals surface area contributed by atoms with Gasteiger partial charge in [0.2, 0.25) is 0 Å². The fourth-order valence-electron chi connectivity index (χ4n) is 1.61. The molecule has 1 aliphatic heterocycles. The van der Waals surface area contributed by atoms with Crippen LogP contribution in [0.3, 0.4) is 0 Å². The van der Waals surface area contributed by atoms with Crippen molar-refractivity contribution < 1.29 is 4.79 Å². The van der Waals surface area contributed by atoms with Crippen molar-refractivity contribution in [3.63, 3.8) is 0 Å². The molecule has 0 saturated carbocycles. The van der Waals surface area contributed by atoms with Crippen LogP contribution in [0.15, 0.2) is 31.1 Å². The number of anilines is 1. The minimum absolute atomic E-state index is 0.270. The predicted molar refractivity (Wildman–Crippen MR) is 87.5 cm³/mol. The Balaban J connectivity index is 1.98. The quantitative estimate of drug-likeness (QED) is 0.596. The van der Waals surface area contributed by atoms with Gasteiger partial charge in [0.1, 0.15) is 11.4 Å². The van der Waals surface area contributed by atoms with Crippen LogP contribution in [0.1, 0.15) is 9.67 Å². The van der Waals surface area contributed by atoms with Crippen molar-refractivity contribution in [3.8, 4) is 0 Å². The Labute approximate surface area is 137 Å². The number of benzene rings is 1. The molecule has 0 unspecified atom stereocenters. The molecule has 1 amide bonds. The van der Waals surface area contributed by atoms with Crippen molar-refractivity contribution in [2.45, 2.75) is 4.90 Å². The first kappa shape index (κ1) is 14.1. The molecule has 0 aliphatic carbocycles. The Morgan fingerprint density at radius 1 is 1.20 bits per heavy atom. The Kier molecular flexibility index (Phi) is 3.87. The van der Waals surface area contributed by atoms with Crippen molar-refractivity contribution in [2.24, 2.45) is 8.73 Å². The third kappa shape index (κ3) is 2.51. The Bertz CT molecular complexity index is 796. The van der Waals surface area contributed by atoms with E-state index in [0.29, 0.717) is 32.0 Å². The zero-order valence-electron chi connectivity index (χ0n) is 9.55. The summed E-state index contributed by atoms with van der Waals surface area (Å²) in [6, 6.07) is 3.23. The fraction of sp³-hybridized carbons (Fsp3) is 0. The molecule has 0 atom stereocenters.